The summed E-state index contributed by atoms with van der Waals surface area (Å²) in [5, 5.41) is 2.63. The van der Waals surface area contributed by atoms with Crippen LogP contribution >= 0.6 is 0 Å². The summed E-state index contributed by atoms with van der Waals surface area (Å²) < 4.78 is 5.91. The van der Waals surface area contributed by atoms with Crippen LogP contribution in [0.2, 0.25) is 0 Å². The van der Waals surface area contributed by atoms with Crippen molar-refractivity contribution in [2.24, 2.45) is 5.73 Å². The number of primary amides is 1. The molecule has 0 radical (unpaired) electrons. The molecule has 30 heavy (non-hydrogen) atoms. The molecule has 0 spiro atoms. The fourth-order valence-corrected chi connectivity index (χ4v) is 3.24. The van der Waals surface area contributed by atoms with E-state index in [2.05, 4.69) is 10.3 Å². The molecule has 1 atom stereocenters. The molecule has 1 unspecified atom stereocenters. The van der Waals surface area contributed by atoms with Crippen molar-refractivity contribution in [3.05, 3.63) is 77.8 Å². The minimum atomic E-state index is -1.10. The molecule has 0 bridgehead atoms. The first-order valence-corrected chi connectivity index (χ1v) is 9.77. The van der Waals surface area contributed by atoms with E-state index in [1.807, 2.05) is 60.7 Å². The van der Waals surface area contributed by atoms with Crippen molar-refractivity contribution >= 4 is 17.6 Å². The van der Waals surface area contributed by atoms with Crippen LogP contribution in [0.15, 0.2) is 65.1 Å². The highest BCUT2D eigenvalue weighted by atomic mass is 16.4. The number of nitrogens with one attached hydrogen (secondary N) is 1. The molecule has 4 rings (SSSR count). The number of nitrogens with zero attached hydrogens (tertiary/aromatic N) is 1. The van der Waals surface area contributed by atoms with Crippen molar-refractivity contribution in [1.29, 1.82) is 0 Å². The van der Waals surface area contributed by atoms with Gasteiger partial charge in [-0.05, 0) is 18.4 Å². The number of nitrogens with two attached hydrogens (primary N) is 1. The Balaban J connectivity index is 1.63. The number of amides is 2. The molecule has 1 aliphatic carbocycles. The lowest BCUT2D eigenvalue weighted by atomic mass is 10.0. The predicted molar refractivity (Wildman–Crippen MR) is 110 cm³/mol. The lowest BCUT2D eigenvalue weighted by Gasteiger charge is -2.16. The number of carbonyl (C=O) groups is 3. The number of hydrogen-bond acceptors (Lipinski definition) is 5. The van der Waals surface area contributed by atoms with Crippen LogP contribution in [-0.2, 0) is 16.0 Å². The van der Waals surface area contributed by atoms with Gasteiger partial charge in [-0.2, -0.15) is 0 Å². The lowest BCUT2D eigenvalue weighted by molar-refractivity contribution is -0.137. The first-order chi connectivity index (χ1) is 14.5. The molecule has 1 aliphatic rings. The third-order valence-electron chi connectivity index (χ3n) is 4.97. The van der Waals surface area contributed by atoms with Crippen LogP contribution in [0, 0.1) is 0 Å². The Morgan fingerprint density at radius 2 is 1.67 bits per heavy atom. The van der Waals surface area contributed by atoms with E-state index in [-0.39, 0.29) is 18.0 Å². The Kier molecular flexibility index (Phi) is 5.43. The first kappa shape index (κ1) is 19.6. The quantitative estimate of drug-likeness (QED) is 0.561. The number of ketones is 1. The highest BCUT2D eigenvalue weighted by molar-refractivity contribution is 6.38. The fourth-order valence-electron chi connectivity index (χ4n) is 3.24. The normalized spacial score (nSPS) is 14.1. The van der Waals surface area contributed by atoms with Gasteiger partial charge in [0.05, 0.1) is 0 Å². The van der Waals surface area contributed by atoms with Gasteiger partial charge in [-0.15, -0.1) is 0 Å². The average Bonchev–Trinajstić information content (AvgIpc) is 3.52. The summed E-state index contributed by atoms with van der Waals surface area (Å²) in [7, 11) is 0. The third kappa shape index (κ3) is 4.30. The Bertz CT molecular complexity index is 1070. The van der Waals surface area contributed by atoms with Crippen molar-refractivity contribution in [2.75, 3.05) is 0 Å². The van der Waals surface area contributed by atoms with Crippen molar-refractivity contribution in [2.45, 2.75) is 31.2 Å². The largest absolute Gasteiger partial charge is 0.440 e. The second kappa shape index (κ2) is 8.32. The van der Waals surface area contributed by atoms with Crippen LogP contribution < -0.4 is 11.1 Å². The number of carbonyl (C=O) groups excluding carboxylic acids is 3. The molecule has 1 saturated carbocycles. The highest BCUT2D eigenvalue weighted by Gasteiger charge is 2.33. The van der Waals surface area contributed by atoms with Crippen LogP contribution in [-0.4, -0.2) is 28.6 Å². The van der Waals surface area contributed by atoms with E-state index in [1.165, 1.54) is 0 Å². The van der Waals surface area contributed by atoms with Gasteiger partial charge < -0.3 is 15.5 Å². The summed E-state index contributed by atoms with van der Waals surface area (Å²) in [5.41, 5.74) is 6.80. The van der Waals surface area contributed by atoms with Crippen LogP contribution in [0.25, 0.3) is 11.3 Å². The lowest BCUT2D eigenvalue weighted by Crippen LogP contribution is -2.47. The van der Waals surface area contributed by atoms with Gasteiger partial charge >= 0.3 is 0 Å². The van der Waals surface area contributed by atoms with Gasteiger partial charge in [0.25, 0.3) is 11.8 Å². The van der Waals surface area contributed by atoms with E-state index in [0.717, 1.165) is 18.4 Å². The molecule has 1 heterocycles. The van der Waals surface area contributed by atoms with Gasteiger partial charge in [0, 0.05) is 17.9 Å². The topological polar surface area (TPSA) is 115 Å². The fraction of sp³-hybridized carbons (Fsp3) is 0.217. The van der Waals surface area contributed by atoms with E-state index < -0.39 is 23.6 Å². The van der Waals surface area contributed by atoms with Crippen LogP contribution in [0.5, 0.6) is 0 Å². The summed E-state index contributed by atoms with van der Waals surface area (Å²) in [6, 6.07) is 17.2. The maximum atomic E-state index is 13.1. The zero-order valence-electron chi connectivity index (χ0n) is 16.2. The minimum Gasteiger partial charge on any atom is -0.440 e. The number of Topliss-reactive ketones (excluding diaryl/α,β-unsaturated/α-hetero) is 1. The summed E-state index contributed by atoms with van der Waals surface area (Å²) in [5.74, 6) is -1.47. The van der Waals surface area contributed by atoms with Crippen molar-refractivity contribution in [3.63, 3.8) is 0 Å². The van der Waals surface area contributed by atoms with Gasteiger partial charge in [-0.25, -0.2) is 4.98 Å². The zero-order chi connectivity index (χ0) is 21.1. The zero-order valence-corrected chi connectivity index (χ0v) is 16.2. The van der Waals surface area contributed by atoms with Crippen LogP contribution in [0.4, 0.5) is 0 Å². The number of benzene rings is 2. The smallest absolute Gasteiger partial charge is 0.287 e. The summed E-state index contributed by atoms with van der Waals surface area (Å²) in [6.45, 7) is 0. The number of hydrogen-bond donors (Lipinski definition) is 2. The van der Waals surface area contributed by atoms with Gasteiger partial charge in [0.2, 0.25) is 5.78 Å². The molecule has 7 heteroatoms. The molecule has 0 aliphatic heterocycles. The molecule has 2 aromatic carbocycles. The van der Waals surface area contributed by atoms with Gasteiger partial charge in [0.15, 0.2) is 17.3 Å². The molecular formula is C23H21N3O4. The highest BCUT2D eigenvalue weighted by Crippen LogP contribution is 2.41. The van der Waals surface area contributed by atoms with E-state index in [4.69, 9.17) is 10.2 Å². The molecule has 7 nitrogen and oxygen atoms in total. The second-order valence-electron chi connectivity index (χ2n) is 7.31. The minimum absolute atomic E-state index is 0.0958. The van der Waals surface area contributed by atoms with Crippen molar-refractivity contribution in [1.82, 2.24) is 10.3 Å². The molecule has 3 N–H and O–H groups in total. The standard InChI is InChI=1S/C23H21N3O4/c24-21(28)19(27)17(13-14-7-3-1-4-8-14)25-22(29)18-20(15-9-5-2-6-10-15)30-23(26-18)16-11-12-16/h1-10,16-17H,11-13H2,(H2,24,28)(H,25,29). The van der Waals surface area contributed by atoms with E-state index in [1.54, 1.807) is 0 Å². The number of rotatable bonds is 8. The van der Waals surface area contributed by atoms with E-state index >= 15 is 0 Å². The molecule has 1 aromatic heterocycles. The average molecular weight is 403 g/mol. The molecule has 1 fully saturated rings. The third-order valence-corrected chi connectivity index (χ3v) is 4.97. The molecule has 0 saturated heterocycles. The Morgan fingerprint density at radius 3 is 2.27 bits per heavy atom. The second-order valence-corrected chi connectivity index (χ2v) is 7.31. The first-order valence-electron chi connectivity index (χ1n) is 9.77. The monoisotopic (exact) mass is 403 g/mol. The molecular weight excluding hydrogens is 382 g/mol. The predicted octanol–water partition coefficient (Wildman–Crippen LogP) is 2.61. The molecule has 152 valence electrons. The molecule has 3 aromatic rings. The Morgan fingerprint density at radius 1 is 1.03 bits per heavy atom. The maximum absolute atomic E-state index is 13.1. The van der Waals surface area contributed by atoms with Crippen LogP contribution in [0.1, 0.15) is 40.7 Å². The SMILES string of the molecule is NC(=O)C(=O)C(Cc1ccccc1)NC(=O)c1nc(C2CC2)oc1-c1ccccc1. The van der Waals surface area contributed by atoms with Gasteiger partial charge in [-0.3, -0.25) is 14.4 Å². The Hall–Kier alpha value is -3.74. The van der Waals surface area contributed by atoms with E-state index in [9.17, 15) is 14.4 Å². The van der Waals surface area contributed by atoms with Crippen molar-refractivity contribution < 1.29 is 18.8 Å². The Labute approximate surface area is 173 Å². The number of oxazole rings is 1. The molecule has 2 amide bonds. The van der Waals surface area contributed by atoms with E-state index in [0.29, 0.717) is 17.2 Å². The van der Waals surface area contributed by atoms with Gasteiger partial charge in [0.1, 0.15) is 6.04 Å². The summed E-state index contributed by atoms with van der Waals surface area (Å²) in [6.07, 6.45) is 2.07. The summed E-state index contributed by atoms with van der Waals surface area (Å²) in [4.78, 5) is 41.4. The summed E-state index contributed by atoms with van der Waals surface area (Å²) >= 11 is 0. The van der Waals surface area contributed by atoms with Crippen molar-refractivity contribution in [3.8, 4) is 11.3 Å². The van der Waals surface area contributed by atoms with Gasteiger partial charge in [-0.1, -0.05) is 60.7 Å². The number of aromatic nitrogens is 1. The van der Waals surface area contributed by atoms with Crippen LogP contribution in [0.3, 0.4) is 0 Å². The maximum Gasteiger partial charge on any atom is 0.287 e.